The lowest BCUT2D eigenvalue weighted by Crippen LogP contribution is -2.30. The summed E-state index contributed by atoms with van der Waals surface area (Å²) in [4.78, 5) is 38.2. The van der Waals surface area contributed by atoms with Gasteiger partial charge in [0.25, 0.3) is 0 Å². The number of allylic oxidation sites excluding steroid dienone is 10. The zero-order valence-corrected chi connectivity index (χ0v) is 45.1. The van der Waals surface area contributed by atoms with Crippen molar-refractivity contribution in [1.29, 1.82) is 0 Å². The van der Waals surface area contributed by atoms with Crippen LogP contribution < -0.4 is 0 Å². The van der Waals surface area contributed by atoms with Crippen molar-refractivity contribution in [1.82, 2.24) is 0 Å². The summed E-state index contributed by atoms with van der Waals surface area (Å²) in [6.45, 7) is 6.61. The molecule has 0 aromatic carbocycles. The summed E-state index contributed by atoms with van der Waals surface area (Å²) in [6.07, 6.45) is 70.6. The number of esters is 3. The van der Waals surface area contributed by atoms with Crippen LogP contribution in [0.1, 0.15) is 297 Å². The highest BCUT2D eigenvalue weighted by Gasteiger charge is 2.19. The van der Waals surface area contributed by atoms with Crippen molar-refractivity contribution in [2.75, 3.05) is 13.2 Å². The summed E-state index contributed by atoms with van der Waals surface area (Å²) in [7, 11) is 0. The fourth-order valence-corrected chi connectivity index (χ4v) is 8.39. The van der Waals surface area contributed by atoms with Gasteiger partial charge in [0, 0.05) is 19.3 Å². The van der Waals surface area contributed by atoms with E-state index in [0.29, 0.717) is 19.3 Å². The third-order valence-electron chi connectivity index (χ3n) is 12.8. The lowest BCUT2D eigenvalue weighted by Gasteiger charge is -2.18. The number of unbranched alkanes of at least 4 members (excludes halogenated alkanes) is 35. The Kier molecular flexibility index (Phi) is 54.3. The lowest BCUT2D eigenvalue weighted by atomic mass is 10.0. The Morgan fingerprint density at radius 2 is 0.544 bits per heavy atom. The predicted molar refractivity (Wildman–Crippen MR) is 293 cm³/mol. The second-order valence-corrected chi connectivity index (χ2v) is 19.6. The number of carbonyl (C=O) groups is 3. The Hall–Kier alpha value is -2.89. The van der Waals surface area contributed by atoms with Crippen LogP contribution in [-0.4, -0.2) is 37.2 Å². The van der Waals surface area contributed by atoms with Gasteiger partial charge in [-0.05, 0) is 70.6 Å². The molecule has 68 heavy (non-hydrogen) atoms. The quantitative estimate of drug-likeness (QED) is 0.0199. The number of hydrogen-bond donors (Lipinski definition) is 0. The maximum absolute atomic E-state index is 12.9. The molecular formula is C62H110O6. The summed E-state index contributed by atoms with van der Waals surface area (Å²) >= 11 is 0. The van der Waals surface area contributed by atoms with Crippen molar-refractivity contribution in [3.63, 3.8) is 0 Å². The van der Waals surface area contributed by atoms with Crippen LogP contribution in [0, 0.1) is 0 Å². The van der Waals surface area contributed by atoms with Crippen LogP contribution in [0.15, 0.2) is 60.8 Å². The van der Waals surface area contributed by atoms with E-state index in [-0.39, 0.29) is 31.1 Å². The predicted octanol–water partition coefficient (Wildman–Crippen LogP) is 19.6. The minimum absolute atomic E-state index is 0.0828. The molecule has 0 aromatic rings. The Bertz CT molecular complexity index is 1230. The second-order valence-electron chi connectivity index (χ2n) is 19.6. The summed E-state index contributed by atoms with van der Waals surface area (Å²) in [5.41, 5.74) is 0. The van der Waals surface area contributed by atoms with Gasteiger partial charge >= 0.3 is 17.9 Å². The van der Waals surface area contributed by atoms with E-state index in [4.69, 9.17) is 14.2 Å². The summed E-state index contributed by atoms with van der Waals surface area (Å²) in [5, 5.41) is 0. The van der Waals surface area contributed by atoms with E-state index < -0.39 is 6.10 Å². The molecule has 0 amide bonds. The molecule has 0 bridgehead atoms. The van der Waals surface area contributed by atoms with Gasteiger partial charge in [0.1, 0.15) is 13.2 Å². The van der Waals surface area contributed by atoms with E-state index in [1.807, 2.05) is 0 Å². The molecule has 0 saturated heterocycles. The van der Waals surface area contributed by atoms with Crippen molar-refractivity contribution >= 4 is 17.9 Å². The topological polar surface area (TPSA) is 78.9 Å². The molecule has 0 aromatic heterocycles. The Balaban J connectivity index is 4.40. The number of rotatable bonds is 53. The van der Waals surface area contributed by atoms with Crippen molar-refractivity contribution in [3.05, 3.63) is 60.8 Å². The van der Waals surface area contributed by atoms with E-state index in [0.717, 1.165) is 83.5 Å². The zero-order valence-electron chi connectivity index (χ0n) is 45.1. The van der Waals surface area contributed by atoms with Crippen molar-refractivity contribution in [3.8, 4) is 0 Å². The molecule has 0 N–H and O–H groups in total. The summed E-state index contributed by atoms with van der Waals surface area (Å²) < 4.78 is 16.9. The fraction of sp³-hybridized carbons (Fsp3) is 0.790. The van der Waals surface area contributed by atoms with Crippen LogP contribution >= 0.6 is 0 Å². The van der Waals surface area contributed by atoms with Crippen LogP contribution in [-0.2, 0) is 28.6 Å². The molecule has 1 atom stereocenters. The maximum Gasteiger partial charge on any atom is 0.306 e. The molecule has 0 aliphatic rings. The van der Waals surface area contributed by atoms with Gasteiger partial charge < -0.3 is 14.2 Å². The molecule has 0 aliphatic heterocycles. The molecule has 0 fully saturated rings. The van der Waals surface area contributed by atoms with Gasteiger partial charge in [-0.2, -0.15) is 0 Å². The first-order valence-corrected chi connectivity index (χ1v) is 29.3. The van der Waals surface area contributed by atoms with Crippen LogP contribution in [0.4, 0.5) is 0 Å². The maximum atomic E-state index is 12.9. The van der Waals surface area contributed by atoms with Gasteiger partial charge in [-0.1, -0.05) is 268 Å². The second kappa shape index (κ2) is 56.7. The molecule has 0 spiro atoms. The zero-order chi connectivity index (χ0) is 49.3. The van der Waals surface area contributed by atoms with Crippen molar-refractivity contribution < 1.29 is 28.6 Å². The molecule has 0 saturated carbocycles. The molecule has 0 radical (unpaired) electrons. The normalized spacial score (nSPS) is 12.5. The Labute approximate surface area is 421 Å². The van der Waals surface area contributed by atoms with Crippen LogP contribution in [0.3, 0.4) is 0 Å². The van der Waals surface area contributed by atoms with Crippen LogP contribution in [0.5, 0.6) is 0 Å². The highest BCUT2D eigenvalue weighted by molar-refractivity contribution is 5.71. The largest absolute Gasteiger partial charge is 0.462 e. The highest BCUT2D eigenvalue weighted by atomic mass is 16.6. The fourth-order valence-electron chi connectivity index (χ4n) is 8.39. The van der Waals surface area contributed by atoms with E-state index in [1.54, 1.807) is 0 Å². The standard InChI is InChI=1S/C62H110O6/c1-4-7-10-13-16-19-22-25-27-29-31-33-34-37-40-43-46-49-52-55-61(64)67-58-59(57-66-60(63)54-51-48-45-42-39-36-24-21-18-15-12-9-6-3)68-62(65)56-53-50-47-44-41-38-35-32-30-28-26-23-20-17-14-11-8-5-2/h17,20,23,26,28-32,35,59H,4-16,18-19,21-22,24-25,27,33-34,36-58H2,1-3H3/b20-17-,26-23-,30-28-,31-29-,35-32-. The monoisotopic (exact) mass is 951 g/mol. The smallest absolute Gasteiger partial charge is 0.306 e. The molecule has 0 rings (SSSR count). The van der Waals surface area contributed by atoms with E-state index in [9.17, 15) is 14.4 Å². The van der Waals surface area contributed by atoms with Gasteiger partial charge in [-0.3, -0.25) is 14.4 Å². The highest BCUT2D eigenvalue weighted by Crippen LogP contribution is 2.16. The molecular weight excluding hydrogens is 841 g/mol. The first-order valence-electron chi connectivity index (χ1n) is 29.3. The van der Waals surface area contributed by atoms with Crippen molar-refractivity contribution in [2.45, 2.75) is 303 Å². The Morgan fingerprint density at radius 1 is 0.294 bits per heavy atom. The van der Waals surface area contributed by atoms with E-state index in [2.05, 4.69) is 81.5 Å². The lowest BCUT2D eigenvalue weighted by molar-refractivity contribution is -0.167. The van der Waals surface area contributed by atoms with Gasteiger partial charge in [-0.15, -0.1) is 0 Å². The first-order chi connectivity index (χ1) is 33.5. The van der Waals surface area contributed by atoms with Crippen LogP contribution in [0.2, 0.25) is 0 Å². The van der Waals surface area contributed by atoms with Gasteiger partial charge in [0.15, 0.2) is 6.10 Å². The molecule has 1 unspecified atom stereocenters. The average Bonchev–Trinajstić information content (AvgIpc) is 3.34. The third-order valence-corrected chi connectivity index (χ3v) is 12.8. The third kappa shape index (κ3) is 54.1. The SMILES string of the molecule is CCCCC\C=C/C=C\C=C/C=C\CCCCCCCC(=O)OC(COC(=O)CCCCCCCCC/C=C\CCCCCCCCCC)COC(=O)CCCCCCCCCCCCCCC. The average molecular weight is 952 g/mol. The molecule has 0 aliphatic carbocycles. The molecule has 6 heteroatoms. The Morgan fingerprint density at radius 3 is 0.897 bits per heavy atom. The molecule has 0 heterocycles. The number of ether oxygens (including phenoxy) is 3. The molecule has 6 nitrogen and oxygen atoms in total. The number of carbonyl (C=O) groups excluding carboxylic acids is 3. The molecule has 394 valence electrons. The minimum atomic E-state index is -0.787. The first kappa shape index (κ1) is 65.1. The van der Waals surface area contributed by atoms with E-state index >= 15 is 0 Å². The van der Waals surface area contributed by atoms with Gasteiger partial charge in [0.05, 0.1) is 0 Å². The van der Waals surface area contributed by atoms with Crippen LogP contribution in [0.25, 0.3) is 0 Å². The van der Waals surface area contributed by atoms with Gasteiger partial charge in [0.2, 0.25) is 0 Å². The van der Waals surface area contributed by atoms with Gasteiger partial charge in [-0.25, -0.2) is 0 Å². The summed E-state index contributed by atoms with van der Waals surface area (Å²) in [6, 6.07) is 0. The summed E-state index contributed by atoms with van der Waals surface area (Å²) in [5.74, 6) is -0.898. The van der Waals surface area contributed by atoms with Crippen molar-refractivity contribution in [2.24, 2.45) is 0 Å². The number of hydrogen-bond acceptors (Lipinski definition) is 6. The van der Waals surface area contributed by atoms with E-state index in [1.165, 1.54) is 173 Å². The minimum Gasteiger partial charge on any atom is -0.462 e.